The second-order valence-corrected chi connectivity index (χ2v) is 9.06. The van der Waals surface area contributed by atoms with Gasteiger partial charge in [0.2, 0.25) is 5.91 Å². The predicted molar refractivity (Wildman–Crippen MR) is 124 cm³/mol. The highest BCUT2D eigenvalue weighted by atomic mass is 19.1. The van der Waals surface area contributed by atoms with Crippen molar-refractivity contribution in [3.8, 4) is 5.69 Å². The Morgan fingerprint density at radius 3 is 2.66 bits per heavy atom. The Labute approximate surface area is 189 Å². The summed E-state index contributed by atoms with van der Waals surface area (Å²) in [5.41, 5.74) is 5.15. The van der Waals surface area contributed by atoms with E-state index in [1.54, 1.807) is 11.0 Å². The minimum Gasteiger partial charge on any atom is -0.340 e. The van der Waals surface area contributed by atoms with Gasteiger partial charge in [-0.25, -0.2) is 9.07 Å². The number of carbonyl (C=O) groups is 1. The van der Waals surface area contributed by atoms with E-state index in [0.717, 1.165) is 48.7 Å². The highest BCUT2D eigenvalue weighted by Gasteiger charge is 2.27. The van der Waals surface area contributed by atoms with Gasteiger partial charge in [-0.3, -0.25) is 9.69 Å². The van der Waals surface area contributed by atoms with Gasteiger partial charge in [-0.05, 0) is 29.7 Å². The summed E-state index contributed by atoms with van der Waals surface area (Å²) >= 11 is 0. The molecule has 3 aromatic rings. The number of rotatable bonds is 7. The number of fused-ring (bicyclic) bond motifs is 1. The largest absolute Gasteiger partial charge is 0.340 e. The summed E-state index contributed by atoms with van der Waals surface area (Å²) in [5, 5.41) is 4.88. The lowest BCUT2D eigenvalue weighted by molar-refractivity contribution is -0.131. The van der Waals surface area contributed by atoms with Crippen LogP contribution < -0.4 is 0 Å². The summed E-state index contributed by atoms with van der Waals surface area (Å²) in [6.45, 7) is 7.09. The topological polar surface area (TPSA) is 41.4 Å². The maximum absolute atomic E-state index is 13.9. The fourth-order valence-electron chi connectivity index (χ4n) is 4.28. The quantitative estimate of drug-likeness (QED) is 0.547. The third-order valence-corrected chi connectivity index (χ3v) is 5.92. The molecule has 0 aliphatic carbocycles. The number of hydrogen-bond donors (Lipinski definition) is 0. The van der Waals surface area contributed by atoms with Crippen molar-refractivity contribution in [3.63, 3.8) is 0 Å². The van der Waals surface area contributed by atoms with E-state index < -0.39 is 0 Å². The van der Waals surface area contributed by atoms with Crippen LogP contribution in [0.5, 0.6) is 0 Å². The smallest absolute Gasteiger partial charge is 0.222 e. The van der Waals surface area contributed by atoms with E-state index in [4.69, 9.17) is 5.10 Å². The molecule has 5 nitrogen and oxygen atoms in total. The van der Waals surface area contributed by atoms with Crippen molar-refractivity contribution < 1.29 is 9.18 Å². The second kappa shape index (κ2) is 9.65. The molecular formula is C26H31FN4O. The van der Waals surface area contributed by atoms with Crippen molar-refractivity contribution in [2.24, 2.45) is 5.92 Å². The van der Waals surface area contributed by atoms with Gasteiger partial charge in [0.15, 0.2) is 0 Å². The van der Waals surface area contributed by atoms with Gasteiger partial charge in [-0.15, -0.1) is 0 Å². The molecule has 0 spiro atoms. The average molecular weight is 435 g/mol. The Bertz CT molecular complexity index is 1080. The molecule has 0 N–H and O–H groups in total. The van der Waals surface area contributed by atoms with Crippen molar-refractivity contribution in [1.82, 2.24) is 19.6 Å². The summed E-state index contributed by atoms with van der Waals surface area (Å²) < 4.78 is 15.8. The zero-order chi connectivity index (χ0) is 22.7. The minimum atomic E-state index is -0.279. The lowest BCUT2D eigenvalue weighted by Gasteiger charge is -2.28. The number of hydrogen-bond acceptors (Lipinski definition) is 3. The van der Waals surface area contributed by atoms with Gasteiger partial charge in [0, 0.05) is 45.1 Å². The standard InChI is InChI=1S/C26H31FN4O/c1-19(2)14-26(32)29(3)18-24-23-17-30(16-20-8-5-4-6-9-20)13-12-25(23)31(28-24)22-11-7-10-21(27)15-22/h4-11,15,19H,12-14,16-18H2,1-3H3. The lowest BCUT2D eigenvalue weighted by atomic mass is 10.0. The molecular weight excluding hydrogens is 403 g/mol. The molecule has 4 rings (SSSR count). The molecule has 0 saturated heterocycles. The zero-order valence-electron chi connectivity index (χ0n) is 19.1. The van der Waals surface area contributed by atoms with Crippen molar-refractivity contribution in [1.29, 1.82) is 0 Å². The maximum Gasteiger partial charge on any atom is 0.222 e. The van der Waals surface area contributed by atoms with Gasteiger partial charge in [0.1, 0.15) is 5.82 Å². The van der Waals surface area contributed by atoms with Crippen molar-refractivity contribution in [3.05, 3.63) is 82.9 Å². The first-order valence-corrected chi connectivity index (χ1v) is 11.3. The fourth-order valence-corrected chi connectivity index (χ4v) is 4.28. The van der Waals surface area contributed by atoms with Crippen LogP contribution in [0.25, 0.3) is 5.69 Å². The molecule has 2 heterocycles. The molecule has 0 atom stereocenters. The van der Waals surface area contributed by atoms with Crippen LogP contribution in [0, 0.1) is 11.7 Å². The van der Waals surface area contributed by atoms with Crippen LogP contribution in [-0.2, 0) is 30.8 Å². The number of halogens is 1. The van der Waals surface area contributed by atoms with Crippen LogP contribution in [0.3, 0.4) is 0 Å². The highest BCUT2D eigenvalue weighted by Crippen LogP contribution is 2.27. The first kappa shape index (κ1) is 22.2. The summed E-state index contributed by atoms with van der Waals surface area (Å²) in [6, 6.07) is 17.0. The Morgan fingerprint density at radius 2 is 1.94 bits per heavy atom. The zero-order valence-corrected chi connectivity index (χ0v) is 19.1. The Morgan fingerprint density at radius 1 is 1.16 bits per heavy atom. The molecule has 2 aromatic carbocycles. The number of amides is 1. The third-order valence-electron chi connectivity index (χ3n) is 5.92. The number of aromatic nitrogens is 2. The predicted octanol–water partition coefficient (Wildman–Crippen LogP) is 4.57. The lowest BCUT2D eigenvalue weighted by Crippen LogP contribution is -2.32. The van der Waals surface area contributed by atoms with E-state index in [9.17, 15) is 9.18 Å². The van der Waals surface area contributed by atoms with Gasteiger partial charge in [0.05, 0.1) is 23.6 Å². The van der Waals surface area contributed by atoms with Crippen LogP contribution in [0.1, 0.15) is 42.8 Å². The molecule has 0 unspecified atom stereocenters. The van der Waals surface area contributed by atoms with Crippen LogP contribution in [0.15, 0.2) is 54.6 Å². The number of carbonyl (C=O) groups excluding carboxylic acids is 1. The number of nitrogens with zero attached hydrogens (tertiary/aromatic N) is 4. The van der Waals surface area contributed by atoms with E-state index in [0.29, 0.717) is 18.9 Å². The SMILES string of the molecule is CC(C)CC(=O)N(C)Cc1nn(-c2cccc(F)c2)c2c1CN(Cc1ccccc1)CC2. The minimum absolute atomic E-state index is 0.117. The van der Waals surface area contributed by atoms with Crippen LogP contribution in [0.4, 0.5) is 4.39 Å². The Kier molecular flexibility index (Phi) is 6.70. The molecule has 0 radical (unpaired) electrons. The molecule has 32 heavy (non-hydrogen) atoms. The van der Waals surface area contributed by atoms with E-state index in [1.165, 1.54) is 17.7 Å². The van der Waals surface area contributed by atoms with Gasteiger partial charge in [-0.1, -0.05) is 50.2 Å². The summed E-state index contributed by atoms with van der Waals surface area (Å²) in [7, 11) is 1.84. The summed E-state index contributed by atoms with van der Waals surface area (Å²) in [4.78, 5) is 16.8. The van der Waals surface area contributed by atoms with E-state index in [1.807, 2.05) is 37.7 Å². The normalized spacial score (nSPS) is 13.9. The highest BCUT2D eigenvalue weighted by molar-refractivity contribution is 5.76. The number of benzene rings is 2. The second-order valence-electron chi connectivity index (χ2n) is 9.06. The van der Waals surface area contributed by atoms with Gasteiger partial charge < -0.3 is 4.90 Å². The maximum atomic E-state index is 13.9. The molecule has 6 heteroatoms. The fraction of sp³-hybridized carbons (Fsp3) is 0.385. The van der Waals surface area contributed by atoms with Gasteiger partial charge in [0.25, 0.3) is 0 Å². The van der Waals surface area contributed by atoms with E-state index in [-0.39, 0.29) is 11.7 Å². The van der Waals surface area contributed by atoms with Gasteiger partial charge in [-0.2, -0.15) is 5.10 Å². The first-order valence-electron chi connectivity index (χ1n) is 11.3. The molecule has 1 aliphatic heterocycles. The van der Waals surface area contributed by atoms with E-state index in [2.05, 4.69) is 29.2 Å². The Hall–Kier alpha value is -2.99. The first-order chi connectivity index (χ1) is 15.4. The third kappa shape index (κ3) is 5.07. The van der Waals surface area contributed by atoms with Crippen molar-refractivity contribution in [2.45, 2.75) is 46.3 Å². The van der Waals surface area contributed by atoms with Crippen molar-refractivity contribution in [2.75, 3.05) is 13.6 Å². The van der Waals surface area contributed by atoms with E-state index >= 15 is 0 Å². The van der Waals surface area contributed by atoms with Crippen LogP contribution >= 0.6 is 0 Å². The monoisotopic (exact) mass is 434 g/mol. The van der Waals surface area contributed by atoms with Crippen LogP contribution in [-0.4, -0.2) is 39.1 Å². The Balaban J connectivity index is 1.64. The summed E-state index contributed by atoms with van der Waals surface area (Å²) in [6.07, 6.45) is 1.35. The van der Waals surface area contributed by atoms with Gasteiger partial charge >= 0.3 is 0 Å². The molecule has 1 aliphatic rings. The van der Waals surface area contributed by atoms with Crippen LogP contribution in [0.2, 0.25) is 0 Å². The molecule has 168 valence electrons. The van der Waals surface area contributed by atoms with Crippen molar-refractivity contribution >= 4 is 5.91 Å². The molecule has 0 saturated carbocycles. The molecule has 1 amide bonds. The molecule has 0 bridgehead atoms. The summed E-state index contributed by atoms with van der Waals surface area (Å²) in [5.74, 6) is 0.148. The molecule has 1 aromatic heterocycles. The average Bonchev–Trinajstić information content (AvgIpc) is 3.11. The molecule has 0 fully saturated rings.